The number of rotatable bonds is 4. The largest absolute Gasteiger partial charge is 0.326 e. The van der Waals surface area contributed by atoms with Gasteiger partial charge in [0.15, 0.2) is 0 Å². The number of hydrogen-bond acceptors (Lipinski definition) is 3. The molecule has 114 valence electrons. The van der Waals surface area contributed by atoms with Gasteiger partial charge in [0.05, 0.1) is 5.02 Å². The van der Waals surface area contributed by atoms with Crippen molar-refractivity contribution in [1.29, 1.82) is 0 Å². The first kappa shape index (κ1) is 17.4. The molecule has 0 spiro atoms. The van der Waals surface area contributed by atoms with Crippen LogP contribution in [0.15, 0.2) is 23.1 Å². The number of halogens is 1. The number of benzene rings is 1. The molecule has 4 nitrogen and oxygen atoms in total. The van der Waals surface area contributed by atoms with Crippen LogP contribution >= 0.6 is 11.6 Å². The third-order valence-corrected chi connectivity index (χ3v) is 6.10. The quantitative estimate of drug-likeness (QED) is 0.928. The first-order valence-corrected chi connectivity index (χ1v) is 8.30. The van der Waals surface area contributed by atoms with Crippen LogP contribution in [0.3, 0.4) is 0 Å². The maximum atomic E-state index is 12.7. The second-order valence-corrected chi connectivity index (χ2v) is 8.41. The molecule has 0 aliphatic carbocycles. The summed E-state index contributed by atoms with van der Waals surface area (Å²) in [5.41, 5.74) is 6.17. The van der Waals surface area contributed by atoms with E-state index in [4.69, 9.17) is 17.3 Å². The summed E-state index contributed by atoms with van der Waals surface area (Å²) in [6.07, 6.45) is 0. The number of nitrogens with zero attached hydrogens (tertiary/aromatic N) is 1. The van der Waals surface area contributed by atoms with Gasteiger partial charge in [-0.2, -0.15) is 4.31 Å². The van der Waals surface area contributed by atoms with Crippen LogP contribution in [0.25, 0.3) is 0 Å². The predicted octanol–water partition coefficient (Wildman–Crippen LogP) is 2.85. The molecule has 0 aromatic heterocycles. The first-order chi connectivity index (χ1) is 9.01. The fraction of sp³-hybridized carbons (Fsp3) is 0.571. The topological polar surface area (TPSA) is 63.4 Å². The van der Waals surface area contributed by atoms with E-state index in [-0.39, 0.29) is 21.4 Å². The summed E-state index contributed by atoms with van der Waals surface area (Å²) in [6, 6.07) is 4.65. The monoisotopic (exact) mass is 318 g/mol. The molecule has 0 amide bonds. The van der Waals surface area contributed by atoms with Crippen molar-refractivity contribution in [3.8, 4) is 0 Å². The highest BCUT2D eigenvalue weighted by Gasteiger charge is 2.33. The van der Waals surface area contributed by atoms with E-state index in [0.29, 0.717) is 6.54 Å². The van der Waals surface area contributed by atoms with Gasteiger partial charge in [0, 0.05) is 19.6 Å². The molecule has 20 heavy (non-hydrogen) atoms. The van der Waals surface area contributed by atoms with Crippen LogP contribution in [0.1, 0.15) is 33.3 Å². The summed E-state index contributed by atoms with van der Waals surface area (Å²) in [7, 11) is -2.03. The summed E-state index contributed by atoms with van der Waals surface area (Å²) in [6.45, 7) is 8.22. The second kappa shape index (κ2) is 6.02. The zero-order chi connectivity index (χ0) is 15.7. The molecular formula is C14H23ClN2O2S. The van der Waals surface area contributed by atoms with Crippen LogP contribution in [-0.4, -0.2) is 25.8 Å². The van der Waals surface area contributed by atoms with Crippen LogP contribution in [-0.2, 0) is 16.6 Å². The standard InChI is InChI=1S/C14H23ClN2O2S/c1-10(14(2,3)4)17(5)20(18,19)13-7-6-11(9-16)8-12(13)15/h6-8,10H,9,16H2,1-5H3. The molecule has 0 bridgehead atoms. The van der Waals surface area contributed by atoms with Crippen molar-refractivity contribution in [2.24, 2.45) is 11.1 Å². The molecule has 0 aliphatic heterocycles. The third-order valence-electron chi connectivity index (χ3n) is 3.69. The summed E-state index contributed by atoms with van der Waals surface area (Å²) >= 11 is 6.09. The number of nitrogens with two attached hydrogens (primary N) is 1. The van der Waals surface area contributed by atoms with Crippen molar-refractivity contribution in [2.75, 3.05) is 7.05 Å². The Bertz CT molecular complexity index is 579. The molecule has 0 aliphatic rings. The van der Waals surface area contributed by atoms with E-state index in [9.17, 15) is 8.42 Å². The zero-order valence-electron chi connectivity index (χ0n) is 12.6. The lowest BCUT2D eigenvalue weighted by Gasteiger charge is -2.34. The second-order valence-electron chi connectivity index (χ2n) is 6.03. The Morgan fingerprint density at radius 3 is 2.30 bits per heavy atom. The van der Waals surface area contributed by atoms with E-state index >= 15 is 0 Å². The van der Waals surface area contributed by atoms with E-state index in [1.165, 1.54) is 10.4 Å². The van der Waals surface area contributed by atoms with E-state index in [0.717, 1.165) is 5.56 Å². The summed E-state index contributed by atoms with van der Waals surface area (Å²) < 4.78 is 26.7. The van der Waals surface area contributed by atoms with E-state index in [1.807, 2.05) is 27.7 Å². The molecule has 0 saturated heterocycles. The van der Waals surface area contributed by atoms with Crippen molar-refractivity contribution in [3.63, 3.8) is 0 Å². The van der Waals surface area contributed by atoms with Gasteiger partial charge >= 0.3 is 0 Å². The van der Waals surface area contributed by atoms with Gasteiger partial charge in [-0.15, -0.1) is 0 Å². The van der Waals surface area contributed by atoms with Crippen molar-refractivity contribution >= 4 is 21.6 Å². The van der Waals surface area contributed by atoms with Crippen LogP contribution < -0.4 is 5.73 Å². The van der Waals surface area contributed by atoms with Crippen LogP contribution in [0.2, 0.25) is 5.02 Å². The Kier molecular flexibility index (Phi) is 5.24. The zero-order valence-corrected chi connectivity index (χ0v) is 14.2. The highest BCUT2D eigenvalue weighted by Crippen LogP contribution is 2.30. The molecule has 1 aromatic carbocycles. The number of hydrogen-bond donors (Lipinski definition) is 1. The van der Waals surface area contributed by atoms with Gasteiger partial charge in [-0.25, -0.2) is 8.42 Å². The Labute approximate surface area is 127 Å². The maximum Gasteiger partial charge on any atom is 0.244 e. The molecule has 6 heteroatoms. The fourth-order valence-electron chi connectivity index (χ4n) is 1.79. The SMILES string of the molecule is CC(N(C)S(=O)(=O)c1ccc(CN)cc1Cl)C(C)(C)C. The summed E-state index contributed by atoms with van der Waals surface area (Å²) in [5, 5.41) is 0.209. The van der Waals surface area contributed by atoms with E-state index in [1.54, 1.807) is 19.2 Å². The first-order valence-electron chi connectivity index (χ1n) is 6.48. The lowest BCUT2D eigenvalue weighted by Crippen LogP contribution is -2.42. The summed E-state index contributed by atoms with van der Waals surface area (Å²) in [4.78, 5) is 0.120. The van der Waals surface area contributed by atoms with Crippen molar-refractivity contribution in [3.05, 3.63) is 28.8 Å². The lowest BCUT2D eigenvalue weighted by molar-refractivity contribution is 0.216. The normalized spacial score (nSPS) is 14.6. The third kappa shape index (κ3) is 3.52. The van der Waals surface area contributed by atoms with Gasteiger partial charge in [-0.3, -0.25) is 0 Å². The average molecular weight is 319 g/mol. The van der Waals surface area contributed by atoms with Crippen molar-refractivity contribution < 1.29 is 8.42 Å². The molecule has 1 aromatic rings. The molecule has 1 rings (SSSR count). The molecule has 0 radical (unpaired) electrons. The van der Waals surface area contributed by atoms with Gasteiger partial charge in [0.25, 0.3) is 0 Å². The minimum absolute atomic E-state index is 0.120. The van der Waals surface area contributed by atoms with Gasteiger partial charge in [-0.05, 0) is 30.0 Å². The molecular weight excluding hydrogens is 296 g/mol. The molecule has 1 unspecified atom stereocenters. The Hall–Kier alpha value is -0.620. The number of sulfonamides is 1. The lowest BCUT2D eigenvalue weighted by atomic mass is 9.88. The Morgan fingerprint density at radius 1 is 1.35 bits per heavy atom. The van der Waals surface area contributed by atoms with Crippen LogP contribution in [0, 0.1) is 5.41 Å². The van der Waals surface area contributed by atoms with Gasteiger partial charge < -0.3 is 5.73 Å². The highest BCUT2D eigenvalue weighted by molar-refractivity contribution is 7.89. The van der Waals surface area contributed by atoms with Crippen LogP contribution in [0.4, 0.5) is 0 Å². The molecule has 1 atom stereocenters. The van der Waals surface area contributed by atoms with Gasteiger partial charge in [0.2, 0.25) is 10.0 Å². The van der Waals surface area contributed by atoms with Gasteiger partial charge in [-0.1, -0.05) is 38.4 Å². The van der Waals surface area contributed by atoms with E-state index in [2.05, 4.69) is 0 Å². The molecule has 0 fully saturated rings. The van der Waals surface area contributed by atoms with E-state index < -0.39 is 10.0 Å². The highest BCUT2D eigenvalue weighted by atomic mass is 35.5. The van der Waals surface area contributed by atoms with Crippen molar-refractivity contribution in [2.45, 2.75) is 45.2 Å². The minimum atomic E-state index is -3.62. The minimum Gasteiger partial charge on any atom is -0.326 e. The van der Waals surface area contributed by atoms with Crippen LogP contribution in [0.5, 0.6) is 0 Å². The molecule has 0 heterocycles. The Balaban J connectivity index is 3.24. The molecule has 2 N–H and O–H groups in total. The maximum absolute atomic E-state index is 12.7. The fourth-order valence-corrected chi connectivity index (χ4v) is 3.87. The predicted molar refractivity (Wildman–Crippen MR) is 83.2 cm³/mol. The average Bonchev–Trinajstić information content (AvgIpc) is 2.35. The van der Waals surface area contributed by atoms with Gasteiger partial charge in [0.1, 0.15) is 4.90 Å². The molecule has 0 saturated carbocycles. The van der Waals surface area contributed by atoms with Crippen molar-refractivity contribution in [1.82, 2.24) is 4.31 Å². The smallest absolute Gasteiger partial charge is 0.244 e. The Morgan fingerprint density at radius 2 is 1.90 bits per heavy atom. The summed E-state index contributed by atoms with van der Waals surface area (Å²) in [5.74, 6) is 0.